The maximum absolute atomic E-state index is 12.3. The first-order chi connectivity index (χ1) is 14.7. The number of esters is 2. The quantitative estimate of drug-likeness (QED) is 0.296. The molecule has 31 heavy (non-hydrogen) atoms. The average Bonchev–Trinajstić information content (AvgIpc) is 3.21. The van der Waals surface area contributed by atoms with Crippen LogP contribution in [0.2, 0.25) is 0 Å². The summed E-state index contributed by atoms with van der Waals surface area (Å²) in [4.78, 5) is 23.9. The predicted octanol–water partition coefficient (Wildman–Crippen LogP) is 3.20. The number of ether oxygens (including phenoxy) is 6. The second-order valence-electron chi connectivity index (χ2n) is 7.08. The molecule has 1 saturated heterocycles. The van der Waals surface area contributed by atoms with Crippen LogP contribution < -0.4 is 0 Å². The van der Waals surface area contributed by atoms with E-state index in [0.29, 0.717) is 5.56 Å². The second-order valence-corrected chi connectivity index (χ2v) is 9.37. The van der Waals surface area contributed by atoms with Gasteiger partial charge < -0.3 is 28.4 Å². The normalized spacial score (nSPS) is 26.7. The Kier molecular flexibility index (Phi) is 7.29. The Hall–Kier alpha value is -1.30. The lowest BCUT2D eigenvalue weighted by Crippen LogP contribution is -2.39. The predicted molar refractivity (Wildman–Crippen MR) is 118 cm³/mol. The van der Waals surface area contributed by atoms with Gasteiger partial charge in [-0.05, 0) is 30.2 Å². The molecule has 170 valence electrons. The van der Waals surface area contributed by atoms with Crippen molar-refractivity contribution in [2.24, 2.45) is 0 Å². The molecule has 0 saturated carbocycles. The van der Waals surface area contributed by atoms with E-state index < -0.39 is 40.5 Å². The van der Waals surface area contributed by atoms with Crippen LogP contribution in [0.15, 0.2) is 24.3 Å². The van der Waals surface area contributed by atoms with Crippen LogP contribution in [0.3, 0.4) is 0 Å². The van der Waals surface area contributed by atoms with Crippen LogP contribution in [0, 0.1) is 0 Å². The molecule has 8 nitrogen and oxygen atoms in total. The van der Waals surface area contributed by atoms with Crippen molar-refractivity contribution in [3.05, 3.63) is 41.0 Å². The van der Waals surface area contributed by atoms with Crippen molar-refractivity contribution in [3.8, 4) is 0 Å². The van der Waals surface area contributed by atoms with Gasteiger partial charge in [-0.15, -0.1) is 0 Å². The fourth-order valence-corrected chi connectivity index (χ4v) is 5.18. The topological polar surface area (TPSA) is 89.5 Å². The molecular formula is C21H24Br2O8. The molecule has 0 amide bonds. The fourth-order valence-electron chi connectivity index (χ4n) is 3.76. The minimum absolute atomic E-state index is 0.266. The van der Waals surface area contributed by atoms with Crippen molar-refractivity contribution in [2.75, 3.05) is 28.4 Å². The van der Waals surface area contributed by atoms with Crippen molar-refractivity contribution < 1.29 is 38.0 Å². The second kappa shape index (κ2) is 9.29. The molecule has 3 rings (SSSR count). The number of halogens is 2. The molecule has 1 aromatic rings. The molecule has 0 radical (unpaired) electrons. The molecule has 0 aromatic heterocycles. The monoisotopic (exact) mass is 562 g/mol. The van der Waals surface area contributed by atoms with Crippen LogP contribution in [0.5, 0.6) is 0 Å². The highest BCUT2D eigenvalue weighted by molar-refractivity contribution is 9.09. The van der Waals surface area contributed by atoms with Crippen molar-refractivity contribution in [2.45, 2.75) is 40.4 Å². The smallest absolute Gasteiger partial charge is 0.338 e. The number of hydrogen-bond acceptors (Lipinski definition) is 8. The van der Waals surface area contributed by atoms with Crippen LogP contribution in [-0.4, -0.2) is 63.2 Å². The van der Waals surface area contributed by atoms with E-state index in [1.807, 2.05) is 30.4 Å². The van der Waals surface area contributed by atoms with Gasteiger partial charge in [0.15, 0.2) is 12.2 Å². The van der Waals surface area contributed by atoms with Gasteiger partial charge in [0.2, 0.25) is 11.6 Å². The number of hydrogen-bond donors (Lipinski definition) is 0. The SMILES string of the molecule is COC(=O)[C@@H]1OC(c2ccc3c(c2)C=CC(OC)(OC)C3Br)([C@H](C)Br)O[C@H]1C(=O)OC. The zero-order valence-corrected chi connectivity index (χ0v) is 20.9. The Balaban J connectivity index is 2.06. The first kappa shape index (κ1) is 24.3. The lowest BCUT2D eigenvalue weighted by atomic mass is 9.89. The van der Waals surface area contributed by atoms with Crippen LogP contribution in [0.25, 0.3) is 6.08 Å². The van der Waals surface area contributed by atoms with Gasteiger partial charge in [0, 0.05) is 19.8 Å². The van der Waals surface area contributed by atoms with Crippen molar-refractivity contribution in [3.63, 3.8) is 0 Å². The van der Waals surface area contributed by atoms with Crippen molar-refractivity contribution >= 4 is 49.9 Å². The average molecular weight is 564 g/mol. The molecule has 10 heteroatoms. The molecule has 1 aliphatic carbocycles. The van der Waals surface area contributed by atoms with Crippen LogP contribution in [0.4, 0.5) is 0 Å². The summed E-state index contributed by atoms with van der Waals surface area (Å²) in [6.45, 7) is 1.80. The third-order valence-electron chi connectivity index (χ3n) is 5.52. The third kappa shape index (κ3) is 3.98. The standard InChI is InChI=1S/C21H24Br2O8/c1-11(22)21(30-15(18(24)26-2)16(31-21)19(25)27-3)13-6-7-14-12(10-13)8-9-20(28-4,29-5)17(14)23/h6-11,15-17H,1-5H3/t11-,15+,16+,17?/m0/s1. The van der Waals surface area contributed by atoms with Gasteiger partial charge >= 0.3 is 11.9 Å². The van der Waals surface area contributed by atoms with E-state index in [1.165, 1.54) is 14.2 Å². The number of rotatable bonds is 6. The molecule has 0 bridgehead atoms. The number of carbonyl (C=O) groups excluding carboxylic acids is 2. The summed E-state index contributed by atoms with van der Waals surface area (Å²) >= 11 is 7.18. The lowest BCUT2D eigenvalue weighted by molar-refractivity contribution is -0.192. The van der Waals surface area contributed by atoms with E-state index in [4.69, 9.17) is 28.4 Å². The van der Waals surface area contributed by atoms with Gasteiger partial charge in [0.05, 0.1) is 23.9 Å². The van der Waals surface area contributed by atoms with Gasteiger partial charge in [-0.3, -0.25) is 0 Å². The molecule has 1 unspecified atom stereocenters. The van der Waals surface area contributed by atoms with E-state index in [0.717, 1.165) is 11.1 Å². The number of benzene rings is 1. The highest BCUT2D eigenvalue weighted by atomic mass is 79.9. The Labute approximate surface area is 197 Å². The fraction of sp³-hybridized carbons (Fsp3) is 0.524. The number of fused-ring (bicyclic) bond motifs is 1. The zero-order chi connectivity index (χ0) is 23.0. The lowest BCUT2D eigenvalue weighted by Gasteiger charge is -2.37. The van der Waals surface area contributed by atoms with E-state index in [-0.39, 0.29) is 4.83 Å². The summed E-state index contributed by atoms with van der Waals surface area (Å²) in [7, 11) is 5.58. The van der Waals surface area contributed by atoms with E-state index in [1.54, 1.807) is 21.1 Å². The first-order valence-electron chi connectivity index (χ1n) is 9.43. The minimum Gasteiger partial charge on any atom is -0.467 e. The maximum atomic E-state index is 12.3. The third-order valence-corrected chi connectivity index (χ3v) is 7.25. The Morgan fingerprint density at radius 3 is 2.03 bits per heavy atom. The van der Waals surface area contributed by atoms with Gasteiger partial charge in [0.25, 0.3) is 0 Å². The zero-order valence-electron chi connectivity index (χ0n) is 17.7. The molecule has 1 heterocycles. The van der Waals surface area contributed by atoms with Crippen molar-refractivity contribution in [1.29, 1.82) is 0 Å². The summed E-state index contributed by atoms with van der Waals surface area (Å²) < 4.78 is 32.9. The van der Waals surface area contributed by atoms with Gasteiger partial charge in [-0.2, -0.15) is 0 Å². The summed E-state index contributed by atoms with van der Waals surface area (Å²) in [5.41, 5.74) is 2.42. The number of alkyl halides is 2. The largest absolute Gasteiger partial charge is 0.467 e. The molecular weight excluding hydrogens is 540 g/mol. The van der Waals surface area contributed by atoms with Gasteiger partial charge in [-0.1, -0.05) is 50.1 Å². The maximum Gasteiger partial charge on any atom is 0.338 e. The van der Waals surface area contributed by atoms with E-state index >= 15 is 0 Å². The number of carbonyl (C=O) groups is 2. The summed E-state index contributed by atoms with van der Waals surface area (Å²) in [5.74, 6) is -3.83. The van der Waals surface area contributed by atoms with Crippen LogP contribution in [-0.2, 0) is 43.8 Å². The molecule has 1 aliphatic heterocycles. The molecule has 0 N–H and O–H groups in total. The van der Waals surface area contributed by atoms with Crippen molar-refractivity contribution in [1.82, 2.24) is 0 Å². The highest BCUT2D eigenvalue weighted by Gasteiger charge is 2.58. The molecule has 1 aromatic carbocycles. The Morgan fingerprint density at radius 1 is 1.03 bits per heavy atom. The van der Waals surface area contributed by atoms with Gasteiger partial charge in [0.1, 0.15) is 0 Å². The Morgan fingerprint density at radius 2 is 1.58 bits per heavy atom. The van der Waals surface area contributed by atoms with Gasteiger partial charge in [-0.25, -0.2) is 9.59 Å². The first-order valence-corrected chi connectivity index (χ1v) is 11.3. The molecule has 2 aliphatic rings. The number of methoxy groups -OCH3 is 4. The summed E-state index contributed by atoms with van der Waals surface area (Å²) in [5, 5.41) is 0. The molecule has 4 atom stereocenters. The van der Waals surface area contributed by atoms with Crippen LogP contribution in [0.1, 0.15) is 28.4 Å². The van der Waals surface area contributed by atoms with E-state index in [2.05, 4.69) is 31.9 Å². The molecule has 1 fully saturated rings. The Bertz CT molecular complexity index is 856. The highest BCUT2D eigenvalue weighted by Crippen LogP contribution is 2.48. The van der Waals surface area contributed by atoms with E-state index in [9.17, 15) is 9.59 Å². The van der Waals surface area contributed by atoms with Crippen LogP contribution >= 0.6 is 31.9 Å². The molecule has 0 spiro atoms. The summed E-state index contributed by atoms with van der Waals surface area (Å²) in [6.07, 6.45) is 1.14. The summed E-state index contributed by atoms with van der Waals surface area (Å²) in [6, 6.07) is 5.58. The minimum atomic E-state index is -1.43.